The summed E-state index contributed by atoms with van der Waals surface area (Å²) >= 11 is 0. The second kappa shape index (κ2) is 6.35. The Bertz CT molecular complexity index is 265. The maximum Gasteiger partial charge on any atom is 0.0721 e. The van der Waals surface area contributed by atoms with Gasteiger partial charge in [-0.2, -0.15) is 0 Å². The van der Waals surface area contributed by atoms with Gasteiger partial charge < -0.3 is 9.84 Å². The second-order valence-electron chi connectivity index (χ2n) is 3.17. The molecule has 0 heterocycles. The predicted molar refractivity (Wildman–Crippen MR) is 56.9 cm³/mol. The predicted octanol–water partition coefficient (Wildman–Crippen LogP) is 2.14. The lowest BCUT2D eigenvalue weighted by Gasteiger charge is -2.00. The molecule has 76 valence electrons. The molecule has 1 aromatic rings. The van der Waals surface area contributed by atoms with Crippen LogP contribution in [0.25, 0.3) is 0 Å². The molecule has 1 aromatic carbocycles. The van der Waals surface area contributed by atoms with Crippen LogP contribution in [0.3, 0.4) is 0 Å². The normalized spacial score (nSPS) is 13.3. The molecule has 0 bridgehead atoms. The molecular formula is C12H16O2. The molecule has 1 rings (SSSR count). The molecule has 0 saturated heterocycles. The quantitative estimate of drug-likeness (QED) is 0.572. The average molecular weight is 192 g/mol. The lowest BCUT2D eigenvalue weighted by molar-refractivity contribution is 0.147. The van der Waals surface area contributed by atoms with Crippen molar-refractivity contribution in [3.8, 4) is 0 Å². The molecule has 0 aliphatic rings. The third-order valence-corrected chi connectivity index (χ3v) is 1.74. The molecule has 0 spiro atoms. The average Bonchev–Trinajstić information content (AvgIpc) is 2.18. The van der Waals surface area contributed by atoms with Gasteiger partial charge in [-0.1, -0.05) is 42.5 Å². The van der Waals surface area contributed by atoms with Crippen molar-refractivity contribution in [2.24, 2.45) is 0 Å². The Hall–Kier alpha value is -1.12. The highest BCUT2D eigenvalue weighted by molar-refractivity contribution is 5.13. The van der Waals surface area contributed by atoms with E-state index in [-0.39, 0.29) is 0 Å². The summed E-state index contributed by atoms with van der Waals surface area (Å²) in [5.74, 6) is 0. The summed E-state index contributed by atoms with van der Waals surface area (Å²) in [6.07, 6.45) is 3.15. The van der Waals surface area contributed by atoms with E-state index >= 15 is 0 Å². The standard InChI is InChI=1S/C12H16O2/c1-11(13)6-5-9-14-10-12-7-3-2-4-8-12/h2-8,11,13H,9-10H2,1H3/b6-5+/t11-/m0/s1. The number of aliphatic hydroxyl groups is 1. The molecule has 0 saturated carbocycles. The molecule has 1 atom stereocenters. The van der Waals surface area contributed by atoms with E-state index < -0.39 is 6.10 Å². The van der Waals surface area contributed by atoms with Crippen LogP contribution in [-0.2, 0) is 11.3 Å². The smallest absolute Gasteiger partial charge is 0.0721 e. The Kier molecular flexibility index (Phi) is 4.97. The highest BCUT2D eigenvalue weighted by atomic mass is 16.5. The Labute approximate surface area is 84.8 Å². The van der Waals surface area contributed by atoms with Gasteiger partial charge in [-0.25, -0.2) is 0 Å². The second-order valence-corrected chi connectivity index (χ2v) is 3.17. The summed E-state index contributed by atoms with van der Waals surface area (Å²) in [6, 6.07) is 10.0. The van der Waals surface area contributed by atoms with Crippen molar-refractivity contribution in [3.05, 3.63) is 48.0 Å². The Morgan fingerprint density at radius 1 is 1.36 bits per heavy atom. The van der Waals surface area contributed by atoms with Crippen LogP contribution < -0.4 is 0 Å². The summed E-state index contributed by atoms with van der Waals surface area (Å²) in [6.45, 7) is 2.87. The molecule has 0 aromatic heterocycles. The van der Waals surface area contributed by atoms with E-state index in [0.717, 1.165) is 5.56 Å². The summed E-state index contributed by atoms with van der Waals surface area (Å²) < 4.78 is 5.37. The van der Waals surface area contributed by atoms with Crippen LogP contribution in [0.2, 0.25) is 0 Å². The van der Waals surface area contributed by atoms with E-state index in [1.165, 1.54) is 0 Å². The van der Waals surface area contributed by atoms with Crippen molar-refractivity contribution in [1.29, 1.82) is 0 Å². The van der Waals surface area contributed by atoms with Gasteiger partial charge in [0, 0.05) is 0 Å². The van der Waals surface area contributed by atoms with Crippen LogP contribution in [0.4, 0.5) is 0 Å². The molecule has 1 N–H and O–H groups in total. The molecule has 0 radical (unpaired) electrons. The van der Waals surface area contributed by atoms with Crippen LogP contribution in [0, 0.1) is 0 Å². The largest absolute Gasteiger partial charge is 0.389 e. The van der Waals surface area contributed by atoms with Gasteiger partial charge in [-0.05, 0) is 12.5 Å². The van der Waals surface area contributed by atoms with Crippen molar-refractivity contribution in [2.45, 2.75) is 19.6 Å². The first-order valence-corrected chi connectivity index (χ1v) is 4.75. The van der Waals surface area contributed by atoms with Gasteiger partial charge in [0.05, 0.1) is 19.3 Å². The minimum atomic E-state index is -0.393. The number of rotatable bonds is 5. The SMILES string of the molecule is C[C@H](O)/C=C/COCc1ccccc1. The van der Waals surface area contributed by atoms with E-state index in [9.17, 15) is 0 Å². The maximum absolute atomic E-state index is 8.93. The fraction of sp³-hybridized carbons (Fsp3) is 0.333. The highest BCUT2D eigenvalue weighted by Gasteiger charge is 1.89. The van der Waals surface area contributed by atoms with Crippen molar-refractivity contribution < 1.29 is 9.84 Å². The van der Waals surface area contributed by atoms with Crippen LogP contribution in [0.15, 0.2) is 42.5 Å². The molecule has 0 amide bonds. The van der Waals surface area contributed by atoms with Gasteiger partial charge in [-0.15, -0.1) is 0 Å². The first-order valence-electron chi connectivity index (χ1n) is 4.75. The van der Waals surface area contributed by atoms with E-state index in [0.29, 0.717) is 13.2 Å². The van der Waals surface area contributed by atoms with Crippen LogP contribution in [0.5, 0.6) is 0 Å². The Balaban J connectivity index is 2.16. The maximum atomic E-state index is 8.93. The van der Waals surface area contributed by atoms with Crippen molar-refractivity contribution in [2.75, 3.05) is 6.61 Å². The van der Waals surface area contributed by atoms with E-state index in [1.54, 1.807) is 13.0 Å². The molecule has 0 aliphatic carbocycles. The van der Waals surface area contributed by atoms with E-state index in [1.807, 2.05) is 36.4 Å². The summed E-state index contributed by atoms with van der Waals surface area (Å²) in [5, 5.41) is 8.93. The molecular weight excluding hydrogens is 176 g/mol. The number of ether oxygens (including phenoxy) is 1. The zero-order valence-corrected chi connectivity index (χ0v) is 8.39. The molecule has 2 heteroatoms. The molecule has 14 heavy (non-hydrogen) atoms. The molecule has 0 fully saturated rings. The first kappa shape index (κ1) is 11.0. The Morgan fingerprint density at radius 3 is 2.71 bits per heavy atom. The van der Waals surface area contributed by atoms with Crippen LogP contribution >= 0.6 is 0 Å². The van der Waals surface area contributed by atoms with Gasteiger partial charge in [-0.3, -0.25) is 0 Å². The van der Waals surface area contributed by atoms with E-state index in [2.05, 4.69) is 0 Å². The van der Waals surface area contributed by atoms with Crippen molar-refractivity contribution in [1.82, 2.24) is 0 Å². The fourth-order valence-electron chi connectivity index (χ4n) is 1.07. The zero-order chi connectivity index (χ0) is 10.2. The minimum Gasteiger partial charge on any atom is -0.389 e. The summed E-state index contributed by atoms with van der Waals surface area (Å²) in [4.78, 5) is 0. The van der Waals surface area contributed by atoms with E-state index in [4.69, 9.17) is 9.84 Å². The number of aliphatic hydroxyl groups excluding tert-OH is 1. The first-order chi connectivity index (χ1) is 6.79. The van der Waals surface area contributed by atoms with Crippen LogP contribution in [-0.4, -0.2) is 17.8 Å². The van der Waals surface area contributed by atoms with Gasteiger partial charge in [0.2, 0.25) is 0 Å². The third kappa shape index (κ3) is 4.80. The van der Waals surface area contributed by atoms with Gasteiger partial charge in [0.1, 0.15) is 0 Å². The molecule has 0 unspecified atom stereocenters. The van der Waals surface area contributed by atoms with Gasteiger partial charge in [0.15, 0.2) is 0 Å². The third-order valence-electron chi connectivity index (χ3n) is 1.74. The van der Waals surface area contributed by atoms with Crippen molar-refractivity contribution >= 4 is 0 Å². The molecule has 0 aliphatic heterocycles. The fourth-order valence-corrected chi connectivity index (χ4v) is 1.07. The lowest BCUT2D eigenvalue weighted by atomic mass is 10.2. The molecule has 2 nitrogen and oxygen atoms in total. The zero-order valence-electron chi connectivity index (χ0n) is 8.39. The number of hydrogen-bond donors (Lipinski definition) is 1. The number of hydrogen-bond acceptors (Lipinski definition) is 2. The van der Waals surface area contributed by atoms with Gasteiger partial charge >= 0.3 is 0 Å². The van der Waals surface area contributed by atoms with Crippen LogP contribution in [0.1, 0.15) is 12.5 Å². The summed E-state index contributed by atoms with van der Waals surface area (Å²) in [5.41, 5.74) is 1.16. The van der Waals surface area contributed by atoms with Crippen molar-refractivity contribution in [3.63, 3.8) is 0 Å². The summed E-state index contributed by atoms with van der Waals surface area (Å²) in [7, 11) is 0. The Morgan fingerprint density at radius 2 is 2.07 bits per heavy atom. The topological polar surface area (TPSA) is 29.5 Å². The monoisotopic (exact) mass is 192 g/mol. The highest BCUT2D eigenvalue weighted by Crippen LogP contribution is 2.00. The lowest BCUT2D eigenvalue weighted by Crippen LogP contribution is -1.96. The number of benzene rings is 1. The minimum absolute atomic E-state index is 0.393. The van der Waals surface area contributed by atoms with Gasteiger partial charge in [0.25, 0.3) is 0 Å².